The number of carbonyl (C=O) groups is 1. The molecule has 4 nitrogen and oxygen atoms in total. The molecule has 0 radical (unpaired) electrons. The third-order valence-electron chi connectivity index (χ3n) is 5.18. The molecule has 0 amide bonds. The van der Waals surface area contributed by atoms with Gasteiger partial charge in [-0.05, 0) is 61.9 Å². The molecule has 0 aliphatic carbocycles. The van der Waals surface area contributed by atoms with E-state index in [9.17, 15) is 4.79 Å². The van der Waals surface area contributed by atoms with Crippen molar-refractivity contribution in [1.29, 1.82) is 0 Å². The molecule has 1 aliphatic heterocycles. The van der Waals surface area contributed by atoms with E-state index in [4.69, 9.17) is 16.3 Å². The number of anilines is 1. The molecule has 0 saturated carbocycles. The van der Waals surface area contributed by atoms with Crippen LogP contribution in [-0.4, -0.2) is 50.5 Å². The number of rotatable bonds is 7. The summed E-state index contributed by atoms with van der Waals surface area (Å²) in [7, 11) is 1.63. The summed E-state index contributed by atoms with van der Waals surface area (Å²) in [6.45, 7) is 7.00. The zero-order valence-electron chi connectivity index (χ0n) is 16.1. The minimum absolute atomic E-state index is 0.200. The highest BCUT2D eigenvalue weighted by Crippen LogP contribution is 2.24. The second-order valence-electron chi connectivity index (χ2n) is 7.02. The summed E-state index contributed by atoms with van der Waals surface area (Å²) in [5.74, 6) is 0.977. The fraction of sp³-hybridized carbons (Fsp3) is 0.409. The average Bonchev–Trinajstić information content (AvgIpc) is 2.70. The van der Waals surface area contributed by atoms with Gasteiger partial charge >= 0.3 is 0 Å². The Bertz CT molecular complexity index is 768. The van der Waals surface area contributed by atoms with Crippen LogP contribution in [0.25, 0.3) is 0 Å². The number of piperazine rings is 1. The lowest BCUT2D eigenvalue weighted by Crippen LogP contribution is -2.46. The lowest BCUT2D eigenvalue weighted by molar-refractivity contribution is 0.0974. The molecule has 0 aromatic heterocycles. The molecule has 0 bridgehead atoms. The third-order valence-corrected chi connectivity index (χ3v) is 5.59. The molecule has 0 spiro atoms. The first kappa shape index (κ1) is 19.7. The first-order valence-corrected chi connectivity index (χ1v) is 9.85. The molecule has 144 valence electrons. The number of aryl methyl sites for hydroxylation is 1. The van der Waals surface area contributed by atoms with E-state index >= 15 is 0 Å². The maximum absolute atomic E-state index is 12.3. The van der Waals surface area contributed by atoms with E-state index in [-0.39, 0.29) is 5.78 Å². The second-order valence-corrected chi connectivity index (χ2v) is 7.42. The van der Waals surface area contributed by atoms with E-state index in [2.05, 4.69) is 28.0 Å². The minimum atomic E-state index is 0.200. The molecule has 2 aromatic carbocycles. The van der Waals surface area contributed by atoms with Crippen LogP contribution in [0.15, 0.2) is 42.5 Å². The zero-order valence-corrected chi connectivity index (χ0v) is 16.8. The topological polar surface area (TPSA) is 32.8 Å². The summed E-state index contributed by atoms with van der Waals surface area (Å²) in [6, 6.07) is 13.6. The van der Waals surface area contributed by atoms with Crippen molar-refractivity contribution >= 4 is 23.1 Å². The largest absolute Gasteiger partial charge is 0.497 e. The highest BCUT2D eigenvalue weighted by molar-refractivity contribution is 6.31. The molecule has 5 heteroatoms. The Morgan fingerprint density at radius 3 is 2.41 bits per heavy atom. The summed E-state index contributed by atoms with van der Waals surface area (Å²) in [6.07, 6.45) is 1.47. The smallest absolute Gasteiger partial charge is 0.162 e. The molecular weight excluding hydrogens is 360 g/mol. The quantitative estimate of drug-likeness (QED) is 0.658. The summed E-state index contributed by atoms with van der Waals surface area (Å²) < 4.78 is 5.13. The van der Waals surface area contributed by atoms with Gasteiger partial charge in [0.15, 0.2) is 5.78 Å². The van der Waals surface area contributed by atoms with Gasteiger partial charge in [-0.2, -0.15) is 0 Å². The van der Waals surface area contributed by atoms with Crippen LogP contribution in [0.4, 0.5) is 5.69 Å². The Morgan fingerprint density at radius 1 is 1.07 bits per heavy atom. The number of benzene rings is 2. The molecule has 1 fully saturated rings. The molecule has 1 saturated heterocycles. The number of ketones is 1. The predicted molar refractivity (Wildman–Crippen MR) is 111 cm³/mol. The van der Waals surface area contributed by atoms with Crippen LogP contribution in [0.3, 0.4) is 0 Å². The Labute approximate surface area is 166 Å². The van der Waals surface area contributed by atoms with Crippen LogP contribution < -0.4 is 9.64 Å². The summed E-state index contributed by atoms with van der Waals surface area (Å²) >= 11 is 6.25. The Balaban J connectivity index is 1.41. The Morgan fingerprint density at radius 2 is 1.78 bits per heavy atom. The Hall–Kier alpha value is -2.04. The monoisotopic (exact) mass is 386 g/mol. The van der Waals surface area contributed by atoms with Crippen LogP contribution >= 0.6 is 11.6 Å². The first-order valence-electron chi connectivity index (χ1n) is 9.47. The molecule has 0 N–H and O–H groups in total. The van der Waals surface area contributed by atoms with E-state index in [1.165, 1.54) is 5.69 Å². The molecule has 0 atom stereocenters. The lowest BCUT2D eigenvalue weighted by Gasteiger charge is -2.36. The number of methoxy groups -OCH3 is 1. The van der Waals surface area contributed by atoms with Crippen LogP contribution in [0, 0.1) is 6.92 Å². The van der Waals surface area contributed by atoms with Gasteiger partial charge in [0.05, 0.1) is 7.11 Å². The van der Waals surface area contributed by atoms with Gasteiger partial charge in [0.1, 0.15) is 5.75 Å². The second kappa shape index (κ2) is 9.25. The standard InChI is InChI=1S/C22H27ClN2O2/c1-17-5-8-19(16-21(17)23)25-14-12-24(13-15-25)11-3-4-22(26)18-6-9-20(27-2)10-7-18/h5-10,16H,3-4,11-15H2,1-2H3. The number of nitrogens with zero attached hydrogens (tertiary/aromatic N) is 2. The van der Waals surface area contributed by atoms with Gasteiger partial charge in [-0.1, -0.05) is 17.7 Å². The fourth-order valence-corrected chi connectivity index (χ4v) is 3.57. The van der Waals surface area contributed by atoms with Crippen LogP contribution in [0.2, 0.25) is 5.02 Å². The fourth-order valence-electron chi connectivity index (χ4n) is 3.39. The summed E-state index contributed by atoms with van der Waals surface area (Å²) in [5, 5.41) is 0.826. The number of ether oxygens (including phenoxy) is 1. The summed E-state index contributed by atoms with van der Waals surface area (Å²) in [4.78, 5) is 17.1. The van der Waals surface area contributed by atoms with Gasteiger partial charge < -0.3 is 9.64 Å². The molecular formula is C22H27ClN2O2. The van der Waals surface area contributed by atoms with Gasteiger partial charge in [0.25, 0.3) is 0 Å². The molecule has 1 aliphatic rings. The van der Waals surface area contributed by atoms with Crippen molar-refractivity contribution in [3.05, 3.63) is 58.6 Å². The third kappa shape index (κ3) is 5.24. The van der Waals surface area contributed by atoms with E-state index in [1.807, 2.05) is 31.2 Å². The highest BCUT2D eigenvalue weighted by atomic mass is 35.5. The molecule has 1 heterocycles. The zero-order chi connectivity index (χ0) is 19.2. The Kier molecular flexibility index (Phi) is 6.75. The number of carbonyl (C=O) groups excluding carboxylic acids is 1. The normalized spacial score (nSPS) is 15.0. The molecule has 27 heavy (non-hydrogen) atoms. The van der Waals surface area contributed by atoms with E-state index in [0.29, 0.717) is 6.42 Å². The maximum atomic E-state index is 12.3. The molecule has 0 unspecified atom stereocenters. The maximum Gasteiger partial charge on any atom is 0.162 e. The number of Topliss-reactive ketones (excluding diaryl/α,β-unsaturated/α-hetero) is 1. The van der Waals surface area contributed by atoms with E-state index in [1.54, 1.807) is 7.11 Å². The van der Waals surface area contributed by atoms with Crippen molar-refractivity contribution in [3.8, 4) is 5.75 Å². The number of halogens is 1. The van der Waals surface area contributed by atoms with Gasteiger partial charge in [-0.3, -0.25) is 9.69 Å². The van der Waals surface area contributed by atoms with Crippen molar-refractivity contribution < 1.29 is 9.53 Å². The lowest BCUT2D eigenvalue weighted by atomic mass is 10.1. The molecule has 3 rings (SSSR count). The predicted octanol–water partition coefficient (Wildman–Crippen LogP) is 4.44. The summed E-state index contributed by atoms with van der Waals surface area (Å²) in [5.41, 5.74) is 3.07. The van der Waals surface area contributed by atoms with Crippen molar-refractivity contribution in [2.75, 3.05) is 44.7 Å². The number of hydrogen-bond acceptors (Lipinski definition) is 4. The van der Waals surface area contributed by atoms with Crippen LogP contribution in [0.5, 0.6) is 5.75 Å². The van der Waals surface area contributed by atoms with Gasteiger partial charge in [0.2, 0.25) is 0 Å². The van der Waals surface area contributed by atoms with Crippen molar-refractivity contribution in [3.63, 3.8) is 0 Å². The molecule has 2 aromatic rings. The van der Waals surface area contributed by atoms with Gasteiger partial charge in [-0.25, -0.2) is 0 Å². The number of hydrogen-bond donors (Lipinski definition) is 0. The van der Waals surface area contributed by atoms with Gasteiger partial charge in [0, 0.05) is 48.9 Å². The SMILES string of the molecule is COc1ccc(C(=O)CCCN2CCN(c3ccc(C)c(Cl)c3)CC2)cc1. The van der Waals surface area contributed by atoms with Crippen molar-refractivity contribution in [2.24, 2.45) is 0 Å². The minimum Gasteiger partial charge on any atom is -0.497 e. The van der Waals surface area contributed by atoms with Crippen molar-refractivity contribution in [1.82, 2.24) is 4.90 Å². The van der Waals surface area contributed by atoms with Crippen molar-refractivity contribution in [2.45, 2.75) is 19.8 Å². The highest BCUT2D eigenvalue weighted by Gasteiger charge is 2.18. The van der Waals surface area contributed by atoms with Gasteiger partial charge in [-0.15, -0.1) is 0 Å². The average molecular weight is 387 g/mol. The van der Waals surface area contributed by atoms with E-state index < -0.39 is 0 Å². The van der Waals surface area contributed by atoms with Crippen LogP contribution in [0.1, 0.15) is 28.8 Å². The first-order chi connectivity index (χ1) is 13.1. The van der Waals surface area contributed by atoms with Crippen LogP contribution in [-0.2, 0) is 0 Å². The van der Waals surface area contributed by atoms with E-state index in [0.717, 1.165) is 61.0 Å².